The molecule has 0 unspecified atom stereocenters. The zero-order chi connectivity index (χ0) is 19.7. The third kappa shape index (κ3) is 3.49. The number of amidine groups is 1. The number of alkyl halides is 2. The van der Waals surface area contributed by atoms with Crippen LogP contribution in [0.3, 0.4) is 0 Å². The Balaban J connectivity index is 1.71. The van der Waals surface area contributed by atoms with Gasteiger partial charge in [0.1, 0.15) is 11.4 Å². The summed E-state index contributed by atoms with van der Waals surface area (Å²) in [7, 11) is 0. The van der Waals surface area contributed by atoms with Gasteiger partial charge in [0.15, 0.2) is 6.54 Å². The Bertz CT molecular complexity index is 865. The molecule has 0 radical (unpaired) electrons. The van der Waals surface area contributed by atoms with E-state index in [4.69, 9.17) is 0 Å². The van der Waals surface area contributed by atoms with Gasteiger partial charge in [0.05, 0.1) is 6.54 Å². The molecular weight excluding hydrogens is 362 g/mol. The topological polar surface area (TPSA) is 35.7 Å². The van der Waals surface area contributed by atoms with Crippen LogP contribution in [0.25, 0.3) is 0 Å². The number of rotatable bonds is 4. The number of hydrogen-bond donors (Lipinski definition) is 1. The molecule has 2 heterocycles. The summed E-state index contributed by atoms with van der Waals surface area (Å²) < 4.78 is 31.4. The van der Waals surface area contributed by atoms with Crippen LogP contribution in [0.15, 0.2) is 48.5 Å². The molecule has 2 aliphatic heterocycles. The number of nitrogens with zero attached hydrogens (tertiary/aromatic N) is 2. The molecule has 1 atom stereocenters. The van der Waals surface area contributed by atoms with Crippen molar-refractivity contribution in [2.75, 3.05) is 18.0 Å². The Kier molecular flexibility index (Phi) is 5.06. The van der Waals surface area contributed by atoms with E-state index in [9.17, 15) is 13.9 Å². The van der Waals surface area contributed by atoms with Gasteiger partial charge in [-0.2, -0.15) is 8.78 Å². The maximum atomic E-state index is 12.4. The van der Waals surface area contributed by atoms with Crippen LogP contribution < -0.4 is 9.64 Å². The van der Waals surface area contributed by atoms with Crippen molar-refractivity contribution in [3.8, 4) is 5.75 Å². The van der Waals surface area contributed by atoms with Crippen LogP contribution in [0.5, 0.6) is 5.75 Å². The molecule has 0 spiro atoms. The maximum Gasteiger partial charge on any atom is 0.387 e. The van der Waals surface area contributed by atoms with Gasteiger partial charge in [-0.15, -0.1) is 0 Å². The van der Waals surface area contributed by atoms with E-state index in [1.54, 1.807) is 12.1 Å². The molecule has 28 heavy (non-hydrogen) atoms. The molecule has 0 saturated carbocycles. The van der Waals surface area contributed by atoms with Gasteiger partial charge >= 0.3 is 6.61 Å². The van der Waals surface area contributed by atoms with E-state index in [-0.39, 0.29) is 5.75 Å². The molecule has 0 aromatic heterocycles. The number of β-amino-alcohol motifs (C(OH)–C–C–N with tert-alkyl or cyclic N) is 1. The van der Waals surface area contributed by atoms with E-state index >= 15 is 0 Å². The second-order valence-electron chi connectivity index (χ2n) is 7.52. The number of hydrogen-bond acceptors (Lipinski definition) is 3. The Morgan fingerprint density at radius 1 is 1.04 bits per heavy atom. The summed E-state index contributed by atoms with van der Waals surface area (Å²) >= 11 is 0. The first kappa shape index (κ1) is 18.9. The van der Waals surface area contributed by atoms with Crippen molar-refractivity contribution in [1.29, 1.82) is 0 Å². The van der Waals surface area contributed by atoms with Gasteiger partial charge in [-0.3, -0.25) is 0 Å². The second-order valence-corrected chi connectivity index (χ2v) is 7.52. The molecule has 1 N–H and O–H groups in total. The number of aliphatic hydroxyl groups is 1. The summed E-state index contributed by atoms with van der Waals surface area (Å²) in [5.74, 6) is 1.22. The van der Waals surface area contributed by atoms with Gasteiger partial charge < -0.3 is 9.84 Å². The highest BCUT2D eigenvalue weighted by Crippen LogP contribution is 2.36. The first-order chi connectivity index (χ1) is 13.5. The first-order valence-electron chi connectivity index (χ1n) is 9.73. The zero-order valence-electron chi connectivity index (χ0n) is 15.9. The fourth-order valence-electron chi connectivity index (χ4n) is 4.19. The Morgan fingerprint density at radius 2 is 1.75 bits per heavy atom. The number of aryl methyl sites for hydroxylation is 1. The molecule has 0 saturated heterocycles. The first-order valence-corrected chi connectivity index (χ1v) is 9.73. The molecule has 4 nitrogen and oxygen atoms in total. The fraction of sp³-hybridized carbons (Fsp3) is 0.409. The van der Waals surface area contributed by atoms with Crippen LogP contribution in [0.1, 0.15) is 36.8 Å². The van der Waals surface area contributed by atoms with Crippen molar-refractivity contribution in [2.24, 2.45) is 0 Å². The quantitative estimate of drug-likeness (QED) is 0.797. The molecule has 0 bridgehead atoms. The van der Waals surface area contributed by atoms with Gasteiger partial charge in [-0.25, -0.2) is 9.48 Å². The molecule has 2 aromatic rings. The monoisotopic (exact) mass is 387 g/mol. The molecular formula is C22H25F2N2O2+. The highest BCUT2D eigenvalue weighted by molar-refractivity contribution is 5.95. The SMILES string of the molecule is Cc1ccc(N2C[C@@](O)(c3ccc(OC(F)F)cc3)[N+]3=C2CCCCC3)cc1. The van der Waals surface area contributed by atoms with Crippen molar-refractivity contribution in [1.82, 2.24) is 0 Å². The van der Waals surface area contributed by atoms with Gasteiger partial charge in [-0.1, -0.05) is 17.7 Å². The minimum atomic E-state index is -2.86. The lowest BCUT2D eigenvalue weighted by atomic mass is 10.0. The Labute approximate surface area is 163 Å². The lowest BCUT2D eigenvalue weighted by molar-refractivity contribution is -0.658. The van der Waals surface area contributed by atoms with Crippen molar-refractivity contribution < 1.29 is 23.2 Å². The van der Waals surface area contributed by atoms with E-state index in [0.717, 1.165) is 43.8 Å². The average molecular weight is 387 g/mol. The van der Waals surface area contributed by atoms with Crippen molar-refractivity contribution in [2.45, 2.75) is 44.9 Å². The maximum absolute atomic E-state index is 12.4. The zero-order valence-corrected chi connectivity index (χ0v) is 15.9. The molecule has 2 aromatic carbocycles. The van der Waals surface area contributed by atoms with Crippen LogP contribution in [0.4, 0.5) is 14.5 Å². The predicted octanol–water partition coefficient (Wildman–Crippen LogP) is 4.25. The summed E-state index contributed by atoms with van der Waals surface area (Å²) in [6.07, 6.45) is 4.13. The summed E-state index contributed by atoms with van der Waals surface area (Å²) in [4.78, 5) is 2.19. The molecule has 4 rings (SSSR count). The van der Waals surface area contributed by atoms with Gasteiger partial charge in [0.25, 0.3) is 11.6 Å². The van der Waals surface area contributed by atoms with Crippen LogP contribution in [0.2, 0.25) is 0 Å². The second kappa shape index (κ2) is 7.51. The van der Waals surface area contributed by atoms with E-state index in [0.29, 0.717) is 12.1 Å². The van der Waals surface area contributed by atoms with Crippen LogP contribution in [-0.2, 0) is 5.72 Å². The summed E-state index contributed by atoms with van der Waals surface area (Å²) in [6, 6.07) is 14.7. The number of benzene rings is 2. The molecule has 0 aliphatic carbocycles. The Morgan fingerprint density at radius 3 is 2.43 bits per heavy atom. The van der Waals surface area contributed by atoms with Crippen LogP contribution >= 0.6 is 0 Å². The molecule has 2 aliphatic rings. The Hall–Kier alpha value is -2.47. The predicted molar refractivity (Wildman–Crippen MR) is 104 cm³/mol. The van der Waals surface area contributed by atoms with E-state index in [2.05, 4.69) is 45.4 Å². The molecule has 148 valence electrons. The van der Waals surface area contributed by atoms with Crippen LogP contribution in [-0.4, -0.2) is 35.2 Å². The largest absolute Gasteiger partial charge is 0.435 e. The number of anilines is 1. The summed E-state index contributed by atoms with van der Waals surface area (Å²) in [6.45, 7) is 0.366. The van der Waals surface area contributed by atoms with E-state index < -0.39 is 12.3 Å². The molecule has 0 amide bonds. The minimum absolute atomic E-state index is 0.0933. The summed E-state index contributed by atoms with van der Waals surface area (Å²) in [5.41, 5.74) is 1.73. The fourth-order valence-corrected chi connectivity index (χ4v) is 4.19. The lowest BCUT2D eigenvalue weighted by Gasteiger charge is -2.23. The standard InChI is InChI=1S/C22H25F2N2O2/c1-16-6-10-18(11-7-16)25-15-22(27,26-14-4-2-3-5-20(25)26)17-8-12-19(13-9-17)28-21(23)24/h6-13,21,27H,2-5,14-15H2,1H3/q+1/t22-/m1/s1. The lowest BCUT2D eigenvalue weighted by Crippen LogP contribution is -2.41. The van der Waals surface area contributed by atoms with Crippen molar-refractivity contribution in [3.05, 3.63) is 59.7 Å². The normalized spacial score (nSPS) is 22.4. The van der Waals surface area contributed by atoms with Crippen LogP contribution in [0, 0.1) is 6.92 Å². The van der Waals surface area contributed by atoms with E-state index in [1.165, 1.54) is 17.7 Å². The third-order valence-electron chi connectivity index (χ3n) is 5.62. The van der Waals surface area contributed by atoms with Crippen molar-refractivity contribution >= 4 is 11.5 Å². The van der Waals surface area contributed by atoms with E-state index in [1.807, 2.05) is 0 Å². The van der Waals surface area contributed by atoms with Gasteiger partial charge in [-0.05, 0) is 62.6 Å². The highest BCUT2D eigenvalue weighted by atomic mass is 19.3. The van der Waals surface area contributed by atoms with Gasteiger partial charge in [0, 0.05) is 12.0 Å². The van der Waals surface area contributed by atoms with Crippen molar-refractivity contribution in [3.63, 3.8) is 0 Å². The van der Waals surface area contributed by atoms with Gasteiger partial charge in [0.2, 0.25) is 0 Å². The third-order valence-corrected chi connectivity index (χ3v) is 5.62. The molecule has 0 fully saturated rings. The average Bonchev–Trinajstić information content (AvgIpc) is 2.83. The summed E-state index contributed by atoms with van der Waals surface area (Å²) in [5, 5.41) is 11.7. The molecule has 6 heteroatoms. The smallest absolute Gasteiger partial charge is 0.387 e. The number of halogens is 2. The highest BCUT2D eigenvalue weighted by Gasteiger charge is 2.51. The number of ether oxygens (including phenoxy) is 1. The minimum Gasteiger partial charge on any atom is -0.435 e.